The number of carbonyl (C=O) groups is 2. The van der Waals surface area contributed by atoms with Crippen LogP contribution in [0.2, 0.25) is 5.02 Å². The quantitative estimate of drug-likeness (QED) is 0.481. The van der Waals surface area contributed by atoms with Gasteiger partial charge in [-0.05, 0) is 60.2 Å². The zero-order chi connectivity index (χ0) is 22.6. The van der Waals surface area contributed by atoms with E-state index in [9.17, 15) is 22.8 Å². The van der Waals surface area contributed by atoms with Gasteiger partial charge in [-0.25, -0.2) is 0 Å². The van der Waals surface area contributed by atoms with Crippen molar-refractivity contribution in [1.82, 2.24) is 0 Å². The van der Waals surface area contributed by atoms with E-state index >= 15 is 0 Å². The molecule has 0 heterocycles. The van der Waals surface area contributed by atoms with E-state index in [0.29, 0.717) is 22.7 Å². The van der Waals surface area contributed by atoms with Gasteiger partial charge in [0.1, 0.15) is 11.5 Å². The number of ether oxygens (including phenoxy) is 1. The normalized spacial score (nSPS) is 11.1. The zero-order valence-corrected chi connectivity index (χ0v) is 16.5. The number of aliphatic carboxylic acids is 1. The Hall–Kier alpha value is -3.52. The second-order valence-corrected chi connectivity index (χ2v) is 6.90. The number of carboxylic acids is 1. The number of benzene rings is 3. The molecule has 3 aromatic rings. The van der Waals surface area contributed by atoms with Crippen molar-refractivity contribution in [2.24, 2.45) is 0 Å². The molecular weight excluding hydrogens is 435 g/mol. The molecule has 9 heteroatoms. The van der Waals surface area contributed by atoms with Crippen LogP contribution in [0, 0.1) is 0 Å². The lowest BCUT2D eigenvalue weighted by Gasteiger charge is -2.11. The molecule has 2 N–H and O–H groups in total. The van der Waals surface area contributed by atoms with Crippen molar-refractivity contribution in [3.05, 3.63) is 88.4 Å². The molecule has 0 aliphatic heterocycles. The second kappa shape index (κ2) is 9.09. The maximum atomic E-state index is 12.8. The summed E-state index contributed by atoms with van der Waals surface area (Å²) in [6.45, 7) is 0. The van der Waals surface area contributed by atoms with E-state index in [1.165, 1.54) is 30.3 Å². The van der Waals surface area contributed by atoms with E-state index in [4.69, 9.17) is 21.4 Å². The summed E-state index contributed by atoms with van der Waals surface area (Å²) in [7, 11) is 0. The number of nitrogens with one attached hydrogen (secondary N) is 1. The summed E-state index contributed by atoms with van der Waals surface area (Å²) in [5.74, 6) is -0.953. The highest BCUT2D eigenvalue weighted by Gasteiger charge is 2.30. The Kier molecular flexibility index (Phi) is 6.50. The summed E-state index contributed by atoms with van der Waals surface area (Å²) >= 11 is 6.12. The van der Waals surface area contributed by atoms with Gasteiger partial charge in [0.25, 0.3) is 5.91 Å². The summed E-state index contributed by atoms with van der Waals surface area (Å²) in [6.07, 6.45) is -4.71. The maximum Gasteiger partial charge on any atom is 0.416 e. The third kappa shape index (κ3) is 5.99. The standard InChI is InChI=1S/C22H15ClF3NO4/c23-18-10-13(11-20(28)29)4-9-19(18)31-17-7-5-16(6-8-17)27-21(30)14-2-1-3-15(12-14)22(24,25)26/h1-10,12H,11H2,(H,27,30)(H,28,29). The van der Waals surface area contributed by atoms with Crippen molar-refractivity contribution in [1.29, 1.82) is 0 Å². The topological polar surface area (TPSA) is 75.6 Å². The van der Waals surface area contributed by atoms with Crippen molar-refractivity contribution in [2.75, 3.05) is 5.32 Å². The summed E-state index contributed by atoms with van der Waals surface area (Å²) in [5.41, 5.74) is -0.145. The fraction of sp³-hybridized carbons (Fsp3) is 0.0909. The van der Waals surface area contributed by atoms with E-state index < -0.39 is 23.6 Å². The first-order chi connectivity index (χ1) is 14.6. The molecule has 0 bridgehead atoms. The van der Waals surface area contributed by atoms with Crippen LogP contribution in [0.4, 0.5) is 18.9 Å². The van der Waals surface area contributed by atoms with E-state index in [-0.39, 0.29) is 17.0 Å². The first kappa shape index (κ1) is 22.2. The van der Waals surface area contributed by atoms with E-state index in [1.54, 1.807) is 24.3 Å². The molecule has 1 amide bonds. The molecule has 0 fully saturated rings. The largest absolute Gasteiger partial charge is 0.481 e. The molecule has 3 rings (SSSR count). The number of carbonyl (C=O) groups excluding carboxylic acids is 1. The van der Waals surface area contributed by atoms with Gasteiger partial charge in [0, 0.05) is 11.3 Å². The number of amides is 1. The molecule has 0 saturated heterocycles. The van der Waals surface area contributed by atoms with Gasteiger partial charge >= 0.3 is 12.1 Å². The number of alkyl halides is 3. The highest BCUT2D eigenvalue weighted by Crippen LogP contribution is 2.32. The Morgan fingerprint density at radius 2 is 1.71 bits per heavy atom. The molecule has 3 aromatic carbocycles. The molecule has 0 radical (unpaired) electrons. The predicted octanol–water partition coefficient (Wildman–Crippen LogP) is 6.03. The predicted molar refractivity (Wildman–Crippen MR) is 109 cm³/mol. The van der Waals surface area contributed by atoms with Gasteiger partial charge in [0.15, 0.2) is 0 Å². The maximum absolute atomic E-state index is 12.8. The van der Waals surface area contributed by atoms with Gasteiger partial charge in [0.05, 0.1) is 17.0 Å². The molecule has 0 atom stereocenters. The monoisotopic (exact) mass is 449 g/mol. The Morgan fingerprint density at radius 1 is 1.00 bits per heavy atom. The molecule has 0 aliphatic carbocycles. The lowest BCUT2D eigenvalue weighted by molar-refractivity contribution is -0.138. The minimum absolute atomic E-state index is 0.122. The minimum atomic E-state index is -4.54. The van der Waals surface area contributed by atoms with E-state index in [1.807, 2.05) is 0 Å². The Bertz CT molecular complexity index is 1110. The smallest absolute Gasteiger partial charge is 0.416 e. The Morgan fingerprint density at radius 3 is 2.32 bits per heavy atom. The van der Waals surface area contributed by atoms with E-state index in [2.05, 4.69) is 5.32 Å². The average molecular weight is 450 g/mol. The van der Waals surface area contributed by atoms with E-state index in [0.717, 1.165) is 12.1 Å². The summed E-state index contributed by atoms with van der Waals surface area (Å²) in [4.78, 5) is 23.0. The molecule has 0 unspecified atom stereocenters. The minimum Gasteiger partial charge on any atom is -0.481 e. The fourth-order valence-electron chi connectivity index (χ4n) is 2.68. The van der Waals surface area contributed by atoms with Crippen molar-refractivity contribution in [2.45, 2.75) is 12.6 Å². The highest BCUT2D eigenvalue weighted by molar-refractivity contribution is 6.32. The van der Waals surface area contributed by atoms with Crippen LogP contribution in [0.1, 0.15) is 21.5 Å². The van der Waals surface area contributed by atoms with Crippen LogP contribution in [-0.2, 0) is 17.4 Å². The van der Waals surface area contributed by atoms with Crippen molar-refractivity contribution in [3.63, 3.8) is 0 Å². The first-order valence-electron chi connectivity index (χ1n) is 8.88. The van der Waals surface area contributed by atoms with Crippen LogP contribution in [0.25, 0.3) is 0 Å². The third-order valence-electron chi connectivity index (χ3n) is 4.14. The molecule has 5 nitrogen and oxygen atoms in total. The van der Waals surface area contributed by atoms with Crippen molar-refractivity contribution >= 4 is 29.2 Å². The molecule has 0 aliphatic rings. The zero-order valence-electron chi connectivity index (χ0n) is 15.7. The van der Waals surface area contributed by atoms with Crippen LogP contribution in [-0.4, -0.2) is 17.0 Å². The van der Waals surface area contributed by atoms with Crippen LogP contribution >= 0.6 is 11.6 Å². The van der Waals surface area contributed by atoms with Crippen LogP contribution < -0.4 is 10.1 Å². The number of hydrogen-bond acceptors (Lipinski definition) is 3. The van der Waals surface area contributed by atoms with Gasteiger partial charge in [-0.1, -0.05) is 23.7 Å². The van der Waals surface area contributed by atoms with Gasteiger partial charge in [-0.3, -0.25) is 9.59 Å². The number of halogens is 4. The van der Waals surface area contributed by atoms with Gasteiger partial charge in [-0.15, -0.1) is 0 Å². The summed E-state index contributed by atoms with van der Waals surface area (Å²) in [6, 6.07) is 14.9. The fourth-order valence-corrected chi connectivity index (χ4v) is 2.93. The van der Waals surface area contributed by atoms with Crippen LogP contribution in [0.15, 0.2) is 66.7 Å². The Balaban J connectivity index is 1.67. The Labute approximate surface area is 180 Å². The second-order valence-electron chi connectivity index (χ2n) is 6.49. The molecular formula is C22H15ClF3NO4. The van der Waals surface area contributed by atoms with Crippen LogP contribution in [0.3, 0.4) is 0 Å². The van der Waals surface area contributed by atoms with Crippen molar-refractivity contribution < 1.29 is 32.6 Å². The lowest BCUT2D eigenvalue weighted by atomic mass is 10.1. The lowest BCUT2D eigenvalue weighted by Crippen LogP contribution is -2.13. The summed E-state index contributed by atoms with van der Waals surface area (Å²) < 4.78 is 44.1. The molecule has 0 aromatic heterocycles. The summed E-state index contributed by atoms with van der Waals surface area (Å²) in [5, 5.41) is 11.6. The highest BCUT2D eigenvalue weighted by atomic mass is 35.5. The SMILES string of the molecule is O=C(O)Cc1ccc(Oc2ccc(NC(=O)c3cccc(C(F)(F)F)c3)cc2)c(Cl)c1. The number of anilines is 1. The number of hydrogen-bond donors (Lipinski definition) is 2. The molecule has 0 saturated carbocycles. The first-order valence-corrected chi connectivity index (χ1v) is 9.26. The van der Waals surface area contributed by atoms with Gasteiger partial charge < -0.3 is 15.2 Å². The molecule has 0 spiro atoms. The molecule has 160 valence electrons. The third-order valence-corrected chi connectivity index (χ3v) is 4.44. The van der Waals surface area contributed by atoms with Crippen LogP contribution in [0.5, 0.6) is 11.5 Å². The number of carboxylic acid groups (broad SMARTS) is 1. The van der Waals surface area contributed by atoms with Crippen molar-refractivity contribution in [3.8, 4) is 11.5 Å². The molecule has 31 heavy (non-hydrogen) atoms. The average Bonchev–Trinajstić information content (AvgIpc) is 2.70. The van der Waals surface area contributed by atoms with Gasteiger partial charge in [-0.2, -0.15) is 13.2 Å². The number of rotatable bonds is 6. The van der Waals surface area contributed by atoms with Gasteiger partial charge in [0.2, 0.25) is 0 Å².